The number of carbonyl (C=O) groups is 2. The van der Waals surface area contributed by atoms with Gasteiger partial charge in [-0.3, -0.25) is 14.4 Å². The van der Waals surface area contributed by atoms with Crippen LogP contribution >= 0.6 is 0 Å². The van der Waals surface area contributed by atoms with E-state index in [4.69, 9.17) is 0 Å². The monoisotopic (exact) mass is 319 g/mol. The number of rotatable bonds is 3. The highest BCUT2D eigenvalue weighted by atomic mass is 16.2. The van der Waals surface area contributed by atoms with Crippen molar-refractivity contribution in [2.24, 2.45) is 11.8 Å². The van der Waals surface area contributed by atoms with Crippen LogP contribution in [0.25, 0.3) is 0 Å². The lowest BCUT2D eigenvalue weighted by atomic mass is 9.80. The average Bonchev–Trinajstić information content (AvgIpc) is 2.51. The number of hydrogen-bond donors (Lipinski definition) is 2. The normalized spacial score (nSPS) is 24.0. The Morgan fingerprint density at radius 3 is 2.61 bits per heavy atom. The molecule has 126 valence electrons. The zero-order valence-corrected chi connectivity index (χ0v) is 14.0. The molecule has 1 aromatic rings. The summed E-state index contributed by atoms with van der Waals surface area (Å²) in [5.74, 6) is -0.276. The van der Waals surface area contributed by atoms with E-state index in [1.807, 2.05) is 6.92 Å². The van der Waals surface area contributed by atoms with Gasteiger partial charge in [0, 0.05) is 24.8 Å². The quantitative estimate of drug-likeness (QED) is 0.833. The van der Waals surface area contributed by atoms with Crippen LogP contribution in [0, 0.1) is 11.8 Å². The standard InChI is InChI=1S/C17H25N3O3/c1-4-20-10-13(6-8-15(20)21)18-16(22)17(23)19-14-7-5-11(2)9-12(14)3/h6,8,10-12,14H,4-5,7,9H2,1-3H3,(H,18,22)(H,19,23)/t11-,12-,14-/m1/s1. The minimum absolute atomic E-state index is 0.0500. The molecule has 3 atom stereocenters. The molecule has 2 rings (SSSR count). The van der Waals surface area contributed by atoms with E-state index < -0.39 is 11.8 Å². The number of carbonyl (C=O) groups excluding carboxylic acids is 2. The lowest BCUT2D eigenvalue weighted by Gasteiger charge is -2.32. The lowest BCUT2D eigenvalue weighted by molar-refractivity contribution is -0.137. The van der Waals surface area contributed by atoms with Crippen LogP contribution in [0.15, 0.2) is 23.1 Å². The number of aromatic nitrogens is 1. The van der Waals surface area contributed by atoms with E-state index in [1.165, 1.54) is 16.7 Å². The third kappa shape index (κ3) is 4.43. The summed E-state index contributed by atoms with van der Waals surface area (Å²) < 4.78 is 1.47. The van der Waals surface area contributed by atoms with Crippen LogP contribution < -0.4 is 16.2 Å². The van der Waals surface area contributed by atoms with Gasteiger partial charge in [-0.2, -0.15) is 0 Å². The number of anilines is 1. The molecule has 1 aromatic heterocycles. The maximum absolute atomic E-state index is 12.1. The van der Waals surface area contributed by atoms with Crippen LogP contribution in [0.2, 0.25) is 0 Å². The molecule has 1 heterocycles. The molecule has 0 spiro atoms. The number of pyridine rings is 1. The minimum Gasteiger partial charge on any atom is -0.345 e. The lowest BCUT2D eigenvalue weighted by Crippen LogP contribution is -2.46. The molecule has 1 fully saturated rings. The van der Waals surface area contributed by atoms with Gasteiger partial charge in [-0.25, -0.2) is 0 Å². The first-order chi connectivity index (χ1) is 10.9. The molecule has 0 aromatic carbocycles. The SMILES string of the molecule is CCn1cc(NC(=O)C(=O)N[C@@H]2CC[C@@H](C)C[C@H]2C)ccc1=O. The van der Waals surface area contributed by atoms with E-state index in [1.54, 1.807) is 6.20 Å². The molecule has 6 heteroatoms. The fraction of sp³-hybridized carbons (Fsp3) is 0.588. The molecule has 23 heavy (non-hydrogen) atoms. The molecular weight excluding hydrogens is 294 g/mol. The Morgan fingerprint density at radius 1 is 1.22 bits per heavy atom. The van der Waals surface area contributed by atoms with E-state index in [-0.39, 0.29) is 11.6 Å². The molecule has 2 amide bonds. The second kappa shape index (κ2) is 7.44. The molecule has 0 radical (unpaired) electrons. The second-order valence-electron chi connectivity index (χ2n) is 6.47. The predicted octanol–water partition coefficient (Wildman–Crippen LogP) is 1.75. The van der Waals surface area contributed by atoms with Gasteiger partial charge in [0.25, 0.3) is 5.56 Å². The largest absolute Gasteiger partial charge is 0.345 e. The Morgan fingerprint density at radius 2 is 1.96 bits per heavy atom. The van der Waals surface area contributed by atoms with Gasteiger partial charge >= 0.3 is 11.8 Å². The number of nitrogens with zero attached hydrogens (tertiary/aromatic N) is 1. The Hall–Kier alpha value is -2.11. The average molecular weight is 319 g/mol. The molecule has 6 nitrogen and oxygen atoms in total. The molecule has 1 saturated carbocycles. The van der Waals surface area contributed by atoms with E-state index >= 15 is 0 Å². The smallest absolute Gasteiger partial charge is 0.313 e. The van der Waals surface area contributed by atoms with Gasteiger partial charge in [0.05, 0.1) is 5.69 Å². The minimum atomic E-state index is -0.697. The van der Waals surface area contributed by atoms with E-state index in [9.17, 15) is 14.4 Å². The molecule has 0 aliphatic heterocycles. The molecular formula is C17H25N3O3. The summed E-state index contributed by atoms with van der Waals surface area (Å²) in [5, 5.41) is 5.38. The number of amides is 2. The maximum atomic E-state index is 12.1. The first-order valence-corrected chi connectivity index (χ1v) is 8.23. The Balaban J connectivity index is 1.95. The molecule has 0 bridgehead atoms. The molecule has 2 N–H and O–H groups in total. The van der Waals surface area contributed by atoms with Gasteiger partial charge in [0.2, 0.25) is 0 Å². The van der Waals surface area contributed by atoms with Gasteiger partial charge < -0.3 is 15.2 Å². The summed E-state index contributed by atoms with van der Waals surface area (Å²) in [6, 6.07) is 2.93. The fourth-order valence-corrected chi connectivity index (χ4v) is 3.15. The first kappa shape index (κ1) is 17.2. The summed E-state index contributed by atoms with van der Waals surface area (Å²) >= 11 is 0. The van der Waals surface area contributed by atoms with Gasteiger partial charge in [-0.15, -0.1) is 0 Å². The molecule has 0 saturated heterocycles. The highest BCUT2D eigenvalue weighted by Gasteiger charge is 2.28. The van der Waals surface area contributed by atoms with Crippen molar-refractivity contribution in [2.75, 3.05) is 5.32 Å². The van der Waals surface area contributed by atoms with Gasteiger partial charge in [0.15, 0.2) is 0 Å². The first-order valence-electron chi connectivity index (χ1n) is 8.23. The summed E-state index contributed by atoms with van der Waals surface area (Å²) in [6.07, 6.45) is 4.58. The van der Waals surface area contributed by atoms with Gasteiger partial charge in [0.1, 0.15) is 0 Å². The fourth-order valence-electron chi connectivity index (χ4n) is 3.15. The van der Waals surface area contributed by atoms with Crippen molar-refractivity contribution in [3.8, 4) is 0 Å². The Bertz CT molecular complexity index is 638. The third-order valence-corrected chi connectivity index (χ3v) is 4.54. The van der Waals surface area contributed by atoms with Crippen molar-refractivity contribution in [3.05, 3.63) is 28.7 Å². The van der Waals surface area contributed by atoms with E-state index in [2.05, 4.69) is 24.5 Å². The highest BCUT2D eigenvalue weighted by Crippen LogP contribution is 2.28. The van der Waals surface area contributed by atoms with Crippen LogP contribution in [0.4, 0.5) is 5.69 Å². The molecule has 0 unspecified atom stereocenters. The van der Waals surface area contributed by atoms with Crippen molar-refractivity contribution in [1.82, 2.24) is 9.88 Å². The van der Waals surface area contributed by atoms with Gasteiger partial charge in [-0.05, 0) is 44.1 Å². The van der Waals surface area contributed by atoms with Crippen molar-refractivity contribution >= 4 is 17.5 Å². The zero-order chi connectivity index (χ0) is 17.0. The summed E-state index contributed by atoms with van der Waals surface area (Å²) in [4.78, 5) is 35.6. The summed E-state index contributed by atoms with van der Waals surface area (Å²) in [5.41, 5.74) is 0.303. The Kier molecular flexibility index (Phi) is 5.58. The summed E-state index contributed by atoms with van der Waals surface area (Å²) in [7, 11) is 0. The van der Waals surface area contributed by atoms with Crippen LogP contribution in [-0.4, -0.2) is 22.4 Å². The number of nitrogens with one attached hydrogen (secondary N) is 2. The van der Waals surface area contributed by atoms with Crippen molar-refractivity contribution in [1.29, 1.82) is 0 Å². The number of hydrogen-bond acceptors (Lipinski definition) is 3. The van der Waals surface area contributed by atoms with Crippen molar-refractivity contribution in [3.63, 3.8) is 0 Å². The van der Waals surface area contributed by atoms with Crippen molar-refractivity contribution in [2.45, 2.75) is 52.6 Å². The number of aryl methyl sites for hydroxylation is 1. The molecule has 1 aliphatic carbocycles. The van der Waals surface area contributed by atoms with E-state index in [0.29, 0.717) is 24.1 Å². The summed E-state index contributed by atoms with van der Waals surface area (Å²) in [6.45, 7) is 6.66. The zero-order valence-electron chi connectivity index (χ0n) is 14.0. The van der Waals surface area contributed by atoms with Crippen LogP contribution in [0.1, 0.15) is 40.0 Å². The Labute approximate surface area is 136 Å². The second-order valence-corrected chi connectivity index (χ2v) is 6.47. The third-order valence-electron chi connectivity index (χ3n) is 4.54. The van der Waals surface area contributed by atoms with Gasteiger partial charge in [-0.1, -0.05) is 13.8 Å². The van der Waals surface area contributed by atoms with Crippen LogP contribution in [-0.2, 0) is 16.1 Å². The van der Waals surface area contributed by atoms with Crippen molar-refractivity contribution < 1.29 is 9.59 Å². The van der Waals surface area contributed by atoms with Crippen LogP contribution in [0.3, 0.4) is 0 Å². The predicted molar refractivity (Wildman–Crippen MR) is 89.1 cm³/mol. The topological polar surface area (TPSA) is 80.2 Å². The molecule has 1 aliphatic rings. The maximum Gasteiger partial charge on any atom is 0.313 e. The van der Waals surface area contributed by atoms with Crippen LogP contribution in [0.5, 0.6) is 0 Å². The highest BCUT2D eigenvalue weighted by molar-refractivity contribution is 6.39. The van der Waals surface area contributed by atoms with E-state index in [0.717, 1.165) is 19.3 Å².